The summed E-state index contributed by atoms with van der Waals surface area (Å²) in [7, 11) is 0. The first-order valence-electron chi connectivity index (χ1n) is 6.55. The monoisotopic (exact) mass is 308 g/mol. The Morgan fingerprint density at radius 1 is 1.22 bits per heavy atom. The van der Waals surface area contributed by atoms with Crippen LogP contribution in [0, 0.1) is 0 Å². The first kappa shape index (κ1) is 12.2. The van der Waals surface area contributed by atoms with Crippen LogP contribution in [-0.2, 0) is 4.79 Å². The molecule has 1 amide bonds. The maximum atomic E-state index is 12.5. The van der Waals surface area contributed by atoms with Crippen LogP contribution in [0.1, 0.15) is 30.9 Å². The van der Waals surface area contributed by atoms with E-state index in [1.54, 1.807) is 0 Å². The van der Waals surface area contributed by atoms with Crippen LogP contribution >= 0.6 is 15.9 Å². The van der Waals surface area contributed by atoms with E-state index >= 15 is 0 Å². The molecular formula is C14H17BrN2O. The molecule has 0 saturated carbocycles. The minimum atomic E-state index is -0.160. The number of carbonyl (C=O) groups is 1. The van der Waals surface area contributed by atoms with Crippen molar-refractivity contribution in [2.45, 2.75) is 31.3 Å². The predicted octanol–water partition coefficient (Wildman–Crippen LogP) is 2.47. The third-order valence-electron chi connectivity index (χ3n) is 3.92. The summed E-state index contributed by atoms with van der Waals surface area (Å²) in [6, 6.07) is 8.28. The van der Waals surface area contributed by atoms with E-state index in [-0.39, 0.29) is 11.9 Å². The average Bonchev–Trinajstić information content (AvgIpc) is 2.41. The van der Waals surface area contributed by atoms with Gasteiger partial charge in [-0.25, -0.2) is 0 Å². The Kier molecular flexibility index (Phi) is 3.39. The minimum absolute atomic E-state index is 0.160. The molecule has 3 rings (SSSR count). The number of hydrogen-bond donors (Lipinski definition) is 1. The normalized spacial score (nSPS) is 28.1. The highest BCUT2D eigenvalue weighted by atomic mass is 79.9. The van der Waals surface area contributed by atoms with Crippen LogP contribution in [0.15, 0.2) is 28.7 Å². The Morgan fingerprint density at radius 2 is 2.00 bits per heavy atom. The lowest BCUT2D eigenvalue weighted by Gasteiger charge is -2.42. The Balaban J connectivity index is 1.81. The van der Waals surface area contributed by atoms with Crippen molar-refractivity contribution in [1.29, 1.82) is 0 Å². The van der Waals surface area contributed by atoms with Gasteiger partial charge in [-0.1, -0.05) is 28.1 Å². The summed E-state index contributed by atoms with van der Waals surface area (Å²) in [6.07, 6.45) is 3.54. The molecule has 0 bridgehead atoms. The molecule has 2 unspecified atom stereocenters. The lowest BCUT2D eigenvalue weighted by Crippen LogP contribution is -2.57. The zero-order valence-corrected chi connectivity index (χ0v) is 11.8. The fraction of sp³-hybridized carbons (Fsp3) is 0.500. The second-order valence-electron chi connectivity index (χ2n) is 5.07. The number of benzene rings is 1. The molecule has 18 heavy (non-hydrogen) atoms. The van der Waals surface area contributed by atoms with E-state index in [0.717, 1.165) is 36.0 Å². The van der Waals surface area contributed by atoms with Crippen LogP contribution in [0.3, 0.4) is 0 Å². The standard InChI is InChI=1S/C14H17BrN2O/c15-11-6-4-10(5-7-11)13-14(18)17-8-2-1-3-12(17)9-16-13/h4-7,12-13,16H,1-3,8-9H2. The van der Waals surface area contributed by atoms with E-state index < -0.39 is 0 Å². The molecule has 2 atom stereocenters. The number of piperidine rings is 1. The van der Waals surface area contributed by atoms with E-state index in [2.05, 4.69) is 26.1 Å². The molecule has 2 saturated heterocycles. The van der Waals surface area contributed by atoms with Crippen LogP contribution in [0.4, 0.5) is 0 Å². The predicted molar refractivity (Wildman–Crippen MR) is 74.2 cm³/mol. The van der Waals surface area contributed by atoms with Gasteiger partial charge in [0, 0.05) is 23.6 Å². The van der Waals surface area contributed by atoms with Gasteiger partial charge in [-0.2, -0.15) is 0 Å². The van der Waals surface area contributed by atoms with Crippen molar-refractivity contribution < 1.29 is 4.79 Å². The number of nitrogens with zero attached hydrogens (tertiary/aromatic N) is 1. The molecule has 2 heterocycles. The van der Waals surface area contributed by atoms with Crippen molar-refractivity contribution >= 4 is 21.8 Å². The van der Waals surface area contributed by atoms with Crippen LogP contribution in [0.5, 0.6) is 0 Å². The van der Waals surface area contributed by atoms with Crippen LogP contribution < -0.4 is 5.32 Å². The fourth-order valence-electron chi connectivity index (χ4n) is 2.93. The molecule has 96 valence electrons. The molecule has 1 aromatic carbocycles. The summed E-state index contributed by atoms with van der Waals surface area (Å²) in [4.78, 5) is 14.6. The highest BCUT2D eigenvalue weighted by molar-refractivity contribution is 9.10. The summed E-state index contributed by atoms with van der Waals surface area (Å²) in [5.41, 5.74) is 1.06. The molecule has 3 nitrogen and oxygen atoms in total. The summed E-state index contributed by atoms with van der Waals surface area (Å²) in [5.74, 6) is 0.244. The van der Waals surface area contributed by atoms with Gasteiger partial charge in [0.1, 0.15) is 6.04 Å². The van der Waals surface area contributed by atoms with Crippen molar-refractivity contribution in [3.63, 3.8) is 0 Å². The van der Waals surface area contributed by atoms with Crippen LogP contribution in [0.2, 0.25) is 0 Å². The zero-order valence-electron chi connectivity index (χ0n) is 10.2. The SMILES string of the molecule is O=C1C(c2ccc(Br)cc2)NCC2CCCCN12. The fourth-order valence-corrected chi connectivity index (χ4v) is 3.19. The van der Waals surface area contributed by atoms with Crippen LogP contribution in [0.25, 0.3) is 0 Å². The van der Waals surface area contributed by atoms with E-state index in [4.69, 9.17) is 0 Å². The third-order valence-corrected chi connectivity index (χ3v) is 4.45. The highest BCUT2D eigenvalue weighted by Gasteiger charge is 2.36. The molecule has 1 aromatic rings. The van der Waals surface area contributed by atoms with Gasteiger partial charge < -0.3 is 10.2 Å². The van der Waals surface area contributed by atoms with Gasteiger partial charge in [0.2, 0.25) is 5.91 Å². The molecule has 2 fully saturated rings. The second kappa shape index (κ2) is 5.02. The van der Waals surface area contributed by atoms with Crippen molar-refractivity contribution in [3.8, 4) is 0 Å². The van der Waals surface area contributed by atoms with Gasteiger partial charge in [0.25, 0.3) is 0 Å². The van der Waals surface area contributed by atoms with Gasteiger partial charge in [-0.15, -0.1) is 0 Å². The van der Waals surface area contributed by atoms with Gasteiger partial charge in [0.15, 0.2) is 0 Å². The number of hydrogen-bond acceptors (Lipinski definition) is 2. The van der Waals surface area contributed by atoms with E-state index in [1.807, 2.05) is 24.3 Å². The molecule has 0 aliphatic carbocycles. The average molecular weight is 309 g/mol. The first-order valence-corrected chi connectivity index (χ1v) is 7.34. The van der Waals surface area contributed by atoms with Crippen molar-refractivity contribution in [1.82, 2.24) is 10.2 Å². The lowest BCUT2D eigenvalue weighted by molar-refractivity contribution is -0.140. The molecule has 2 aliphatic heterocycles. The maximum absolute atomic E-state index is 12.5. The van der Waals surface area contributed by atoms with E-state index in [9.17, 15) is 4.79 Å². The van der Waals surface area contributed by atoms with Crippen molar-refractivity contribution in [2.75, 3.05) is 13.1 Å². The number of piperazine rings is 1. The topological polar surface area (TPSA) is 32.3 Å². The molecule has 0 radical (unpaired) electrons. The lowest BCUT2D eigenvalue weighted by atomic mass is 9.95. The summed E-state index contributed by atoms with van der Waals surface area (Å²) < 4.78 is 1.05. The molecule has 0 spiro atoms. The zero-order chi connectivity index (χ0) is 12.5. The van der Waals surface area contributed by atoms with E-state index in [1.165, 1.54) is 6.42 Å². The molecular weight excluding hydrogens is 292 g/mol. The molecule has 4 heteroatoms. The maximum Gasteiger partial charge on any atom is 0.244 e. The number of rotatable bonds is 1. The molecule has 2 aliphatic rings. The second-order valence-corrected chi connectivity index (χ2v) is 5.99. The quantitative estimate of drug-likeness (QED) is 0.864. The largest absolute Gasteiger partial charge is 0.337 e. The van der Waals surface area contributed by atoms with Crippen molar-refractivity contribution in [3.05, 3.63) is 34.3 Å². The summed E-state index contributed by atoms with van der Waals surface area (Å²) >= 11 is 3.42. The number of nitrogens with one attached hydrogen (secondary N) is 1. The van der Waals surface area contributed by atoms with E-state index in [0.29, 0.717) is 6.04 Å². The first-order chi connectivity index (χ1) is 8.75. The number of fused-ring (bicyclic) bond motifs is 1. The van der Waals surface area contributed by atoms with Gasteiger partial charge in [0.05, 0.1) is 0 Å². The number of amides is 1. The van der Waals surface area contributed by atoms with Gasteiger partial charge in [-0.05, 0) is 37.0 Å². The summed E-state index contributed by atoms with van der Waals surface area (Å²) in [5, 5.41) is 3.40. The molecule has 0 aromatic heterocycles. The Hall–Kier alpha value is -0.870. The van der Waals surface area contributed by atoms with Gasteiger partial charge >= 0.3 is 0 Å². The van der Waals surface area contributed by atoms with Crippen LogP contribution in [-0.4, -0.2) is 29.9 Å². The van der Waals surface area contributed by atoms with Gasteiger partial charge in [-0.3, -0.25) is 4.79 Å². The third kappa shape index (κ3) is 2.19. The highest BCUT2D eigenvalue weighted by Crippen LogP contribution is 2.27. The Morgan fingerprint density at radius 3 is 2.78 bits per heavy atom. The smallest absolute Gasteiger partial charge is 0.244 e. The summed E-state index contributed by atoms with van der Waals surface area (Å²) in [6.45, 7) is 1.85. The molecule has 1 N–H and O–H groups in total. The van der Waals surface area contributed by atoms with Crippen molar-refractivity contribution in [2.24, 2.45) is 0 Å². The Labute approximate surface area is 116 Å². The number of carbonyl (C=O) groups excluding carboxylic acids is 1. The number of halogens is 1. The Bertz CT molecular complexity index is 446. The minimum Gasteiger partial charge on any atom is -0.337 e.